The van der Waals surface area contributed by atoms with Crippen molar-refractivity contribution >= 4 is 11.5 Å². The van der Waals surface area contributed by atoms with E-state index in [1.165, 1.54) is 10.9 Å². The molecule has 18 heavy (non-hydrogen) atoms. The molecule has 0 bridgehead atoms. The van der Waals surface area contributed by atoms with Crippen LogP contribution in [-0.4, -0.2) is 33.0 Å². The number of ether oxygens (including phenoxy) is 1. The van der Waals surface area contributed by atoms with Gasteiger partial charge in [0.15, 0.2) is 0 Å². The van der Waals surface area contributed by atoms with E-state index in [9.17, 15) is 10.1 Å². The smallest absolute Gasteiger partial charge is 0.330 e. The van der Waals surface area contributed by atoms with Gasteiger partial charge in [0, 0.05) is 19.7 Å². The molecule has 0 amide bonds. The van der Waals surface area contributed by atoms with Gasteiger partial charge in [0.1, 0.15) is 6.20 Å². The number of nitrogens with one attached hydrogen (secondary N) is 1. The second kappa shape index (κ2) is 4.56. The van der Waals surface area contributed by atoms with Crippen LogP contribution in [0.15, 0.2) is 6.20 Å². The number of aryl methyl sites for hydroxylation is 1. The molecule has 1 aliphatic rings. The molecule has 0 spiro atoms. The summed E-state index contributed by atoms with van der Waals surface area (Å²) in [5.41, 5.74) is -0.179. The molecule has 1 atom stereocenters. The third-order valence-electron chi connectivity index (χ3n) is 3.04. The molecule has 1 saturated heterocycles. The van der Waals surface area contributed by atoms with Gasteiger partial charge in [0.2, 0.25) is 5.82 Å². The summed E-state index contributed by atoms with van der Waals surface area (Å²) in [7, 11) is 1.67. The lowest BCUT2D eigenvalue weighted by Gasteiger charge is -2.35. The van der Waals surface area contributed by atoms with Crippen LogP contribution >= 0.6 is 0 Å². The summed E-state index contributed by atoms with van der Waals surface area (Å²) < 4.78 is 7.07. The van der Waals surface area contributed by atoms with Crippen molar-refractivity contribution in [3.05, 3.63) is 16.3 Å². The Morgan fingerprint density at radius 2 is 2.39 bits per heavy atom. The van der Waals surface area contributed by atoms with E-state index in [4.69, 9.17) is 4.74 Å². The minimum atomic E-state index is -0.417. The van der Waals surface area contributed by atoms with E-state index in [0.29, 0.717) is 12.4 Å². The molecule has 7 heteroatoms. The van der Waals surface area contributed by atoms with Crippen molar-refractivity contribution in [1.82, 2.24) is 9.78 Å². The number of hydrogen-bond acceptors (Lipinski definition) is 5. The number of nitrogens with zero attached hydrogens (tertiary/aromatic N) is 3. The molecule has 100 valence electrons. The average Bonchev–Trinajstić information content (AvgIpc) is 2.58. The molecule has 0 aromatic carbocycles. The van der Waals surface area contributed by atoms with Crippen LogP contribution in [0.5, 0.6) is 0 Å². The lowest BCUT2D eigenvalue weighted by molar-refractivity contribution is -0.384. The van der Waals surface area contributed by atoms with Crippen LogP contribution < -0.4 is 5.32 Å². The Kier molecular flexibility index (Phi) is 3.25. The predicted octanol–water partition coefficient (Wildman–Crippen LogP) is 1.70. The number of aromatic nitrogens is 2. The van der Waals surface area contributed by atoms with Crippen molar-refractivity contribution in [2.24, 2.45) is 7.05 Å². The Morgan fingerprint density at radius 1 is 1.67 bits per heavy atom. The van der Waals surface area contributed by atoms with Crippen molar-refractivity contribution in [1.29, 1.82) is 0 Å². The molecule has 0 saturated carbocycles. The first-order chi connectivity index (χ1) is 8.37. The van der Waals surface area contributed by atoms with Crippen LogP contribution in [0, 0.1) is 10.1 Å². The molecule has 2 heterocycles. The van der Waals surface area contributed by atoms with Gasteiger partial charge >= 0.3 is 5.69 Å². The SMILES string of the molecule is Cn1cc([N+](=O)[O-])c(NC2CCOC(C)(C)C2)n1. The van der Waals surface area contributed by atoms with Gasteiger partial charge in [-0.05, 0) is 26.7 Å². The van der Waals surface area contributed by atoms with Crippen molar-refractivity contribution < 1.29 is 9.66 Å². The fourth-order valence-electron chi connectivity index (χ4n) is 2.26. The Balaban J connectivity index is 2.11. The molecule has 1 fully saturated rings. The van der Waals surface area contributed by atoms with E-state index in [-0.39, 0.29) is 17.3 Å². The van der Waals surface area contributed by atoms with E-state index in [2.05, 4.69) is 10.4 Å². The van der Waals surface area contributed by atoms with Crippen LogP contribution in [0.1, 0.15) is 26.7 Å². The average molecular weight is 254 g/mol. The van der Waals surface area contributed by atoms with Crippen LogP contribution in [0.2, 0.25) is 0 Å². The van der Waals surface area contributed by atoms with Crippen molar-refractivity contribution in [3.63, 3.8) is 0 Å². The topological polar surface area (TPSA) is 82.2 Å². The molecule has 7 nitrogen and oxygen atoms in total. The highest BCUT2D eigenvalue weighted by molar-refractivity contribution is 5.55. The van der Waals surface area contributed by atoms with E-state index in [0.717, 1.165) is 12.8 Å². The first kappa shape index (κ1) is 12.8. The molecule has 0 radical (unpaired) electrons. The molecule has 2 rings (SSSR count). The van der Waals surface area contributed by atoms with Gasteiger partial charge in [0.25, 0.3) is 0 Å². The minimum Gasteiger partial charge on any atom is -0.375 e. The maximum absolute atomic E-state index is 10.9. The molecule has 1 aromatic rings. The Labute approximate surface area is 105 Å². The van der Waals surface area contributed by atoms with Gasteiger partial charge in [-0.3, -0.25) is 14.8 Å². The largest absolute Gasteiger partial charge is 0.375 e. The van der Waals surface area contributed by atoms with Gasteiger partial charge in [-0.2, -0.15) is 0 Å². The highest BCUT2D eigenvalue weighted by atomic mass is 16.6. The standard InChI is InChI=1S/C11H18N4O3/c1-11(2)6-8(4-5-18-11)12-10-9(15(16)17)7-14(3)13-10/h7-8H,4-6H2,1-3H3,(H,12,13). The van der Waals surface area contributed by atoms with Crippen molar-refractivity contribution in [3.8, 4) is 0 Å². The van der Waals surface area contributed by atoms with E-state index in [1.807, 2.05) is 13.8 Å². The predicted molar refractivity (Wildman–Crippen MR) is 66.5 cm³/mol. The highest BCUT2D eigenvalue weighted by Crippen LogP contribution is 2.29. The third-order valence-corrected chi connectivity index (χ3v) is 3.04. The maximum Gasteiger partial charge on any atom is 0.330 e. The summed E-state index contributed by atoms with van der Waals surface area (Å²) in [4.78, 5) is 10.5. The summed E-state index contributed by atoms with van der Waals surface area (Å²) >= 11 is 0. The zero-order valence-electron chi connectivity index (χ0n) is 10.8. The first-order valence-corrected chi connectivity index (χ1v) is 5.96. The lowest BCUT2D eigenvalue weighted by Crippen LogP contribution is -2.40. The zero-order chi connectivity index (χ0) is 13.3. The maximum atomic E-state index is 10.9. The Morgan fingerprint density at radius 3 is 3.00 bits per heavy atom. The van der Waals surface area contributed by atoms with Gasteiger partial charge in [-0.15, -0.1) is 5.10 Å². The lowest BCUT2D eigenvalue weighted by atomic mass is 9.94. The molecule has 1 N–H and O–H groups in total. The van der Waals surface area contributed by atoms with Crippen molar-refractivity contribution in [2.45, 2.75) is 38.3 Å². The molecular weight excluding hydrogens is 236 g/mol. The summed E-state index contributed by atoms with van der Waals surface area (Å²) in [5, 5.41) is 18.1. The van der Waals surface area contributed by atoms with Gasteiger partial charge in [-0.25, -0.2) is 0 Å². The Hall–Kier alpha value is -1.63. The van der Waals surface area contributed by atoms with Gasteiger partial charge in [-0.1, -0.05) is 0 Å². The van der Waals surface area contributed by atoms with Gasteiger partial charge < -0.3 is 10.1 Å². The molecule has 0 aliphatic carbocycles. The van der Waals surface area contributed by atoms with Crippen LogP contribution in [0.4, 0.5) is 11.5 Å². The summed E-state index contributed by atoms with van der Waals surface area (Å²) in [6, 6.07) is 0.155. The van der Waals surface area contributed by atoms with Crippen LogP contribution in [0.25, 0.3) is 0 Å². The number of hydrogen-bond donors (Lipinski definition) is 1. The van der Waals surface area contributed by atoms with Crippen LogP contribution in [0.3, 0.4) is 0 Å². The fourth-order valence-corrected chi connectivity index (χ4v) is 2.26. The first-order valence-electron chi connectivity index (χ1n) is 5.96. The number of nitro groups is 1. The quantitative estimate of drug-likeness (QED) is 0.655. The summed E-state index contributed by atoms with van der Waals surface area (Å²) in [6.07, 6.45) is 3.05. The number of anilines is 1. The normalized spacial score (nSPS) is 22.7. The second-order valence-electron chi connectivity index (χ2n) is 5.24. The number of rotatable bonds is 3. The zero-order valence-corrected chi connectivity index (χ0v) is 10.8. The minimum absolute atomic E-state index is 0.0156. The van der Waals surface area contributed by atoms with E-state index >= 15 is 0 Å². The van der Waals surface area contributed by atoms with E-state index in [1.54, 1.807) is 7.05 Å². The summed E-state index contributed by atoms with van der Waals surface area (Å²) in [6.45, 7) is 4.70. The monoisotopic (exact) mass is 254 g/mol. The second-order valence-corrected chi connectivity index (χ2v) is 5.24. The molecule has 1 unspecified atom stereocenters. The van der Waals surface area contributed by atoms with Crippen molar-refractivity contribution in [2.75, 3.05) is 11.9 Å². The van der Waals surface area contributed by atoms with Crippen LogP contribution in [-0.2, 0) is 11.8 Å². The fraction of sp³-hybridized carbons (Fsp3) is 0.727. The summed E-state index contributed by atoms with van der Waals surface area (Å²) in [5.74, 6) is 0.338. The highest BCUT2D eigenvalue weighted by Gasteiger charge is 2.30. The third kappa shape index (κ3) is 2.79. The molecular formula is C11H18N4O3. The Bertz CT molecular complexity index is 455. The molecule has 1 aromatic heterocycles. The van der Waals surface area contributed by atoms with E-state index < -0.39 is 4.92 Å². The van der Waals surface area contributed by atoms with Gasteiger partial charge in [0.05, 0.1) is 10.5 Å². The molecule has 1 aliphatic heterocycles.